The molecule has 1 fully saturated rings. The standard InChI is InChI=1S/C18H21N3O/c1-2-15-6-8-16(9-7-15)18(22)21-13-11-20(12-14-21)17-5-3-4-10-19-17/h3-10H,2,11-14H2,1H3. The van der Waals surface area contributed by atoms with Crippen LogP contribution in [0.2, 0.25) is 0 Å². The van der Waals surface area contributed by atoms with E-state index in [-0.39, 0.29) is 5.91 Å². The van der Waals surface area contributed by atoms with Crippen LogP contribution in [0.1, 0.15) is 22.8 Å². The zero-order valence-corrected chi connectivity index (χ0v) is 12.9. The van der Waals surface area contributed by atoms with E-state index in [0.717, 1.165) is 44.0 Å². The largest absolute Gasteiger partial charge is 0.353 e. The highest BCUT2D eigenvalue weighted by Crippen LogP contribution is 2.15. The second-order valence-corrected chi connectivity index (χ2v) is 5.52. The highest BCUT2D eigenvalue weighted by molar-refractivity contribution is 5.94. The maximum atomic E-state index is 12.5. The van der Waals surface area contributed by atoms with Crippen LogP contribution in [0, 0.1) is 0 Å². The van der Waals surface area contributed by atoms with E-state index in [0.29, 0.717) is 0 Å². The predicted molar refractivity (Wildman–Crippen MR) is 88.2 cm³/mol. The summed E-state index contributed by atoms with van der Waals surface area (Å²) in [5.41, 5.74) is 2.04. The summed E-state index contributed by atoms with van der Waals surface area (Å²) in [5, 5.41) is 0. The van der Waals surface area contributed by atoms with E-state index in [1.165, 1.54) is 5.56 Å². The first-order chi connectivity index (χ1) is 10.8. The summed E-state index contributed by atoms with van der Waals surface area (Å²) >= 11 is 0. The van der Waals surface area contributed by atoms with Crippen LogP contribution in [0.25, 0.3) is 0 Å². The Labute approximate surface area is 131 Å². The van der Waals surface area contributed by atoms with Gasteiger partial charge < -0.3 is 9.80 Å². The fraction of sp³-hybridized carbons (Fsp3) is 0.333. The topological polar surface area (TPSA) is 36.4 Å². The van der Waals surface area contributed by atoms with Gasteiger partial charge in [0.05, 0.1) is 0 Å². The molecule has 0 radical (unpaired) electrons. The third-order valence-electron chi connectivity index (χ3n) is 4.15. The van der Waals surface area contributed by atoms with Gasteiger partial charge in [0, 0.05) is 37.9 Å². The maximum absolute atomic E-state index is 12.5. The van der Waals surface area contributed by atoms with Crippen LogP contribution in [0.4, 0.5) is 5.82 Å². The molecule has 1 aromatic carbocycles. The molecule has 22 heavy (non-hydrogen) atoms. The van der Waals surface area contributed by atoms with E-state index in [1.807, 2.05) is 53.6 Å². The number of anilines is 1. The zero-order valence-electron chi connectivity index (χ0n) is 12.9. The average molecular weight is 295 g/mol. The van der Waals surface area contributed by atoms with Crippen LogP contribution in [-0.4, -0.2) is 42.0 Å². The lowest BCUT2D eigenvalue weighted by atomic mass is 10.1. The summed E-state index contributed by atoms with van der Waals surface area (Å²) in [7, 11) is 0. The molecule has 0 atom stereocenters. The normalized spacial score (nSPS) is 15.0. The van der Waals surface area contributed by atoms with Gasteiger partial charge in [-0.05, 0) is 36.2 Å². The molecule has 0 aliphatic carbocycles. The number of rotatable bonds is 3. The van der Waals surface area contributed by atoms with Crippen molar-refractivity contribution in [2.75, 3.05) is 31.1 Å². The van der Waals surface area contributed by atoms with Gasteiger partial charge >= 0.3 is 0 Å². The Bertz CT molecular complexity index is 617. The number of aromatic nitrogens is 1. The van der Waals surface area contributed by atoms with Gasteiger partial charge in [0.2, 0.25) is 0 Å². The van der Waals surface area contributed by atoms with E-state index < -0.39 is 0 Å². The lowest BCUT2D eigenvalue weighted by Crippen LogP contribution is -2.49. The molecule has 114 valence electrons. The molecule has 0 bridgehead atoms. The number of benzene rings is 1. The van der Waals surface area contributed by atoms with Crippen molar-refractivity contribution >= 4 is 11.7 Å². The highest BCUT2D eigenvalue weighted by atomic mass is 16.2. The Balaban J connectivity index is 1.62. The van der Waals surface area contributed by atoms with Gasteiger partial charge in [0.1, 0.15) is 5.82 Å². The Kier molecular flexibility index (Phi) is 4.37. The molecule has 4 heteroatoms. The molecule has 4 nitrogen and oxygen atoms in total. The number of amides is 1. The minimum absolute atomic E-state index is 0.128. The lowest BCUT2D eigenvalue weighted by Gasteiger charge is -2.35. The quantitative estimate of drug-likeness (QED) is 0.873. The van der Waals surface area contributed by atoms with Crippen LogP contribution in [-0.2, 0) is 6.42 Å². The second kappa shape index (κ2) is 6.60. The van der Waals surface area contributed by atoms with Crippen molar-refractivity contribution < 1.29 is 4.79 Å². The van der Waals surface area contributed by atoms with Crippen molar-refractivity contribution in [3.63, 3.8) is 0 Å². The predicted octanol–water partition coefficient (Wildman–Crippen LogP) is 2.61. The van der Waals surface area contributed by atoms with E-state index in [1.54, 1.807) is 0 Å². The minimum Gasteiger partial charge on any atom is -0.353 e. The SMILES string of the molecule is CCc1ccc(C(=O)N2CCN(c3ccccn3)CC2)cc1. The Morgan fingerprint density at radius 1 is 1.05 bits per heavy atom. The first-order valence-electron chi connectivity index (χ1n) is 7.82. The van der Waals surface area contributed by atoms with Gasteiger partial charge in [-0.25, -0.2) is 4.98 Å². The van der Waals surface area contributed by atoms with E-state index >= 15 is 0 Å². The number of hydrogen-bond donors (Lipinski definition) is 0. The maximum Gasteiger partial charge on any atom is 0.253 e. The summed E-state index contributed by atoms with van der Waals surface area (Å²) in [4.78, 5) is 21.1. The molecule has 1 aliphatic heterocycles. The number of pyridine rings is 1. The van der Waals surface area contributed by atoms with Gasteiger partial charge in [0.25, 0.3) is 5.91 Å². The third kappa shape index (κ3) is 3.11. The second-order valence-electron chi connectivity index (χ2n) is 5.52. The number of nitrogens with zero attached hydrogens (tertiary/aromatic N) is 3. The number of hydrogen-bond acceptors (Lipinski definition) is 3. The highest BCUT2D eigenvalue weighted by Gasteiger charge is 2.22. The summed E-state index contributed by atoms with van der Waals surface area (Å²) < 4.78 is 0. The average Bonchev–Trinajstić information content (AvgIpc) is 2.62. The van der Waals surface area contributed by atoms with Crippen LogP contribution in [0.15, 0.2) is 48.7 Å². The Morgan fingerprint density at radius 3 is 2.36 bits per heavy atom. The van der Waals surface area contributed by atoms with Crippen molar-refractivity contribution in [3.05, 3.63) is 59.8 Å². The fourth-order valence-corrected chi connectivity index (χ4v) is 2.75. The fourth-order valence-electron chi connectivity index (χ4n) is 2.75. The molecule has 0 N–H and O–H groups in total. The smallest absolute Gasteiger partial charge is 0.253 e. The van der Waals surface area contributed by atoms with Crippen LogP contribution < -0.4 is 4.90 Å². The third-order valence-corrected chi connectivity index (χ3v) is 4.15. The molecule has 2 aromatic rings. The van der Waals surface area contributed by atoms with Crippen molar-refractivity contribution in [3.8, 4) is 0 Å². The van der Waals surface area contributed by atoms with Gasteiger partial charge in [-0.1, -0.05) is 25.1 Å². The van der Waals surface area contributed by atoms with E-state index in [2.05, 4.69) is 16.8 Å². The summed E-state index contributed by atoms with van der Waals surface area (Å²) in [5.74, 6) is 1.12. The van der Waals surface area contributed by atoms with E-state index in [9.17, 15) is 4.79 Å². The number of aryl methyl sites for hydroxylation is 1. The van der Waals surface area contributed by atoms with E-state index in [4.69, 9.17) is 0 Å². The molecule has 0 saturated carbocycles. The molecule has 0 unspecified atom stereocenters. The molecule has 1 aromatic heterocycles. The van der Waals surface area contributed by atoms with Crippen molar-refractivity contribution in [1.82, 2.24) is 9.88 Å². The number of carbonyl (C=O) groups is 1. The molecular weight excluding hydrogens is 274 g/mol. The first-order valence-corrected chi connectivity index (χ1v) is 7.82. The Morgan fingerprint density at radius 2 is 1.77 bits per heavy atom. The zero-order chi connectivity index (χ0) is 15.4. The molecule has 0 spiro atoms. The molecule has 2 heterocycles. The lowest BCUT2D eigenvalue weighted by molar-refractivity contribution is 0.0746. The van der Waals surface area contributed by atoms with Gasteiger partial charge in [-0.15, -0.1) is 0 Å². The van der Waals surface area contributed by atoms with Gasteiger partial charge in [-0.3, -0.25) is 4.79 Å². The van der Waals surface area contributed by atoms with Crippen molar-refractivity contribution in [1.29, 1.82) is 0 Å². The van der Waals surface area contributed by atoms with Crippen LogP contribution >= 0.6 is 0 Å². The summed E-state index contributed by atoms with van der Waals surface area (Å²) in [6.45, 7) is 5.26. The summed E-state index contributed by atoms with van der Waals surface area (Å²) in [6.07, 6.45) is 2.80. The van der Waals surface area contributed by atoms with Gasteiger partial charge in [0.15, 0.2) is 0 Å². The molecule has 1 aliphatic rings. The number of piperazine rings is 1. The molecule has 1 amide bonds. The molecule has 1 saturated heterocycles. The van der Waals surface area contributed by atoms with Crippen molar-refractivity contribution in [2.24, 2.45) is 0 Å². The molecular formula is C18H21N3O. The van der Waals surface area contributed by atoms with Crippen LogP contribution in [0.5, 0.6) is 0 Å². The van der Waals surface area contributed by atoms with Crippen molar-refractivity contribution in [2.45, 2.75) is 13.3 Å². The minimum atomic E-state index is 0.128. The monoisotopic (exact) mass is 295 g/mol. The first kappa shape index (κ1) is 14.6. The van der Waals surface area contributed by atoms with Crippen LogP contribution in [0.3, 0.4) is 0 Å². The summed E-state index contributed by atoms with van der Waals surface area (Å²) in [6, 6.07) is 13.9. The molecule has 3 rings (SSSR count). The number of carbonyl (C=O) groups excluding carboxylic acids is 1. The van der Waals surface area contributed by atoms with Gasteiger partial charge in [-0.2, -0.15) is 0 Å². The Hall–Kier alpha value is -2.36.